The number of aromatic nitrogens is 1. The quantitative estimate of drug-likeness (QED) is 0.767. The molecule has 19 heavy (non-hydrogen) atoms. The van der Waals surface area contributed by atoms with Crippen LogP contribution in [0.2, 0.25) is 0 Å². The third-order valence-corrected chi connectivity index (χ3v) is 3.79. The van der Waals surface area contributed by atoms with E-state index in [-0.39, 0.29) is 18.1 Å². The molecule has 0 aromatic carbocycles. The van der Waals surface area contributed by atoms with Gasteiger partial charge in [0.05, 0.1) is 13.2 Å². The molecule has 10 heteroatoms. The van der Waals surface area contributed by atoms with E-state index in [0.717, 1.165) is 0 Å². The number of primary sulfonamides is 1. The maximum atomic E-state index is 11.6. The van der Waals surface area contributed by atoms with Gasteiger partial charge in [-0.25, -0.2) is 23.1 Å². The lowest BCUT2D eigenvalue weighted by atomic mass is 10.3. The summed E-state index contributed by atoms with van der Waals surface area (Å²) < 4.78 is 35.9. The van der Waals surface area contributed by atoms with Crippen molar-refractivity contribution in [1.29, 1.82) is 0 Å². The lowest BCUT2D eigenvalue weighted by molar-refractivity contribution is 0.0515. The Labute approximate surface area is 113 Å². The van der Waals surface area contributed by atoms with E-state index >= 15 is 0 Å². The lowest BCUT2D eigenvalue weighted by Gasteiger charge is -2.03. The molecule has 0 saturated carbocycles. The highest BCUT2D eigenvalue weighted by molar-refractivity contribution is 7.89. The van der Waals surface area contributed by atoms with Gasteiger partial charge < -0.3 is 9.47 Å². The van der Waals surface area contributed by atoms with Gasteiger partial charge >= 0.3 is 11.9 Å². The number of carbonyl (C=O) groups is 2. The molecule has 0 amide bonds. The highest BCUT2D eigenvalue weighted by Crippen LogP contribution is 2.24. The van der Waals surface area contributed by atoms with Crippen LogP contribution in [0.3, 0.4) is 0 Å². The van der Waals surface area contributed by atoms with E-state index in [1.54, 1.807) is 13.8 Å². The molecule has 0 aliphatic rings. The predicted octanol–water partition coefficient (Wildman–Crippen LogP) is 0.144. The van der Waals surface area contributed by atoms with Crippen molar-refractivity contribution in [3.05, 3.63) is 10.6 Å². The van der Waals surface area contributed by atoms with Crippen molar-refractivity contribution in [3.63, 3.8) is 0 Å². The minimum Gasteiger partial charge on any atom is -0.462 e. The fraction of sp³-hybridized carbons (Fsp3) is 0.444. The molecule has 0 radical (unpaired) electrons. The molecule has 0 aliphatic carbocycles. The van der Waals surface area contributed by atoms with Crippen LogP contribution in [-0.2, 0) is 19.5 Å². The zero-order chi connectivity index (χ0) is 14.6. The first-order valence-corrected chi connectivity index (χ1v) is 7.51. The zero-order valence-corrected chi connectivity index (χ0v) is 11.8. The number of esters is 2. The van der Waals surface area contributed by atoms with E-state index < -0.39 is 32.6 Å². The first-order valence-electron chi connectivity index (χ1n) is 5.19. The molecular weight excluding hydrogens is 296 g/mol. The van der Waals surface area contributed by atoms with E-state index in [4.69, 9.17) is 5.14 Å². The monoisotopic (exact) mass is 308 g/mol. The minimum absolute atomic E-state index is 0.0369. The van der Waals surface area contributed by atoms with Crippen molar-refractivity contribution in [2.75, 3.05) is 13.2 Å². The summed E-state index contributed by atoms with van der Waals surface area (Å²) in [6, 6.07) is 0. The molecule has 0 aliphatic heterocycles. The van der Waals surface area contributed by atoms with Crippen LogP contribution in [-0.4, -0.2) is 37.9 Å². The molecule has 1 heterocycles. The second-order valence-corrected chi connectivity index (χ2v) is 5.45. The van der Waals surface area contributed by atoms with Crippen LogP contribution in [0.1, 0.15) is 34.0 Å². The van der Waals surface area contributed by atoms with Gasteiger partial charge in [0.25, 0.3) is 0 Å². The van der Waals surface area contributed by atoms with E-state index in [2.05, 4.69) is 13.8 Å². The van der Waals surface area contributed by atoms with Crippen LogP contribution in [0.25, 0.3) is 0 Å². The molecule has 2 N–H and O–H groups in total. The van der Waals surface area contributed by atoms with Crippen molar-refractivity contribution < 1.29 is 27.5 Å². The number of sulfonamides is 1. The van der Waals surface area contributed by atoms with Crippen molar-refractivity contribution in [1.82, 2.24) is 4.37 Å². The zero-order valence-electron chi connectivity index (χ0n) is 10.2. The molecule has 0 unspecified atom stereocenters. The Bertz CT molecular complexity index is 556. The Morgan fingerprint density at radius 2 is 1.74 bits per heavy atom. The van der Waals surface area contributed by atoms with E-state index in [9.17, 15) is 18.0 Å². The smallest absolute Gasteiger partial charge is 0.359 e. The molecule has 0 atom stereocenters. The summed E-state index contributed by atoms with van der Waals surface area (Å²) in [5, 5.41) is 4.99. The number of ether oxygens (including phenoxy) is 2. The molecular formula is C9H12N2O6S2. The number of nitrogens with two attached hydrogens (primary N) is 1. The standard InChI is InChI=1S/C9H12N2O6S2/c1-3-16-8(12)5-7(19(10,14)15)6(18-11-5)9(13)17-4-2/h3-4H2,1-2H3,(H2,10,14,15). The molecule has 106 valence electrons. The van der Waals surface area contributed by atoms with E-state index in [1.807, 2.05) is 0 Å². The Kier molecular flexibility index (Phi) is 4.97. The summed E-state index contributed by atoms with van der Waals surface area (Å²) in [5.41, 5.74) is -0.502. The lowest BCUT2D eigenvalue weighted by Crippen LogP contribution is -2.20. The average molecular weight is 308 g/mol. The average Bonchev–Trinajstić information content (AvgIpc) is 2.73. The number of hydrogen-bond donors (Lipinski definition) is 1. The van der Waals surface area contributed by atoms with Gasteiger partial charge in [0.15, 0.2) is 10.6 Å². The summed E-state index contributed by atoms with van der Waals surface area (Å²) in [6.07, 6.45) is 0. The van der Waals surface area contributed by atoms with Gasteiger partial charge in [-0.05, 0) is 25.4 Å². The number of nitrogens with zero attached hydrogens (tertiary/aromatic N) is 1. The second-order valence-electron chi connectivity index (χ2n) is 3.18. The van der Waals surface area contributed by atoms with Crippen LogP contribution in [0.5, 0.6) is 0 Å². The largest absolute Gasteiger partial charge is 0.462 e. The Morgan fingerprint density at radius 1 is 1.21 bits per heavy atom. The van der Waals surface area contributed by atoms with Crippen LogP contribution >= 0.6 is 11.5 Å². The first kappa shape index (κ1) is 15.5. The highest BCUT2D eigenvalue weighted by Gasteiger charge is 2.32. The third-order valence-electron chi connectivity index (χ3n) is 1.86. The molecule has 0 saturated heterocycles. The van der Waals surface area contributed by atoms with Gasteiger partial charge in [-0.3, -0.25) is 0 Å². The van der Waals surface area contributed by atoms with Gasteiger partial charge in [-0.2, -0.15) is 4.37 Å². The summed E-state index contributed by atoms with van der Waals surface area (Å²) in [4.78, 5) is 22.1. The van der Waals surface area contributed by atoms with E-state index in [1.165, 1.54) is 0 Å². The molecule has 1 rings (SSSR count). The minimum atomic E-state index is -4.30. The van der Waals surface area contributed by atoms with Gasteiger partial charge in [0, 0.05) is 0 Å². The van der Waals surface area contributed by atoms with Crippen LogP contribution in [0.4, 0.5) is 0 Å². The molecule has 0 bridgehead atoms. The Balaban J connectivity index is 3.37. The maximum absolute atomic E-state index is 11.6. The molecule has 0 spiro atoms. The Morgan fingerprint density at radius 3 is 2.21 bits per heavy atom. The van der Waals surface area contributed by atoms with Crippen molar-refractivity contribution in [3.8, 4) is 0 Å². The maximum Gasteiger partial charge on any atom is 0.359 e. The van der Waals surface area contributed by atoms with Gasteiger partial charge in [-0.1, -0.05) is 0 Å². The normalized spacial score (nSPS) is 11.1. The highest BCUT2D eigenvalue weighted by atomic mass is 32.2. The molecule has 1 aromatic heterocycles. The summed E-state index contributed by atoms with van der Waals surface area (Å²) in [6.45, 7) is 3.19. The van der Waals surface area contributed by atoms with Gasteiger partial charge in [0.2, 0.25) is 10.0 Å². The number of carbonyl (C=O) groups excluding carboxylic acids is 2. The van der Waals surface area contributed by atoms with Crippen LogP contribution in [0.15, 0.2) is 4.90 Å². The van der Waals surface area contributed by atoms with Gasteiger partial charge in [0.1, 0.15) is 4.90 Å². The van der Waals surface area contributed by atoms with Crippen molar-refractivity contribution in [2.24, 2.45) is 5.14 Å². The second kappa shape index (κ2) is 6.08. The Hall–Kier alpha value is -1.52. The summed E-state index contributed by atoms with van der Waals surface area (Å²) in [5.74, 6) is -1.86. The molecule has 1 aromatic rings. The fourth-order valence-electron chi connectivity index (χ4n) is 1.20. The number of hydrogen-bond acceptors (Lipinski definition) is 8. The predicted molar refractivity (Wildman–Crippen MR) is 65.4 cm³/mol. The fourth-order valence-corrected chi connectivity index (χ4v) is 3.12. The number of rotatable bonds is 5. The summed E-state index contributed by atoms with van der Waals surface area (Å²) in [7, 11) is -4.30. The third kappa shape index (κ3) is 3.49. The van der Waals surface area contributed by atoms with Crippen molar-refractivity contribution in [2.45, 2.75) is 18.7 Å². The van der Waals surface area contributed by atoms with Gasteiger partial charge in [-0.15, -0.1) is 0 Å². The molecule has 0 fully saturated rings. The van der Waals surface area contributed by atoms with E-state index in [0.29, 0.717) is 11.5 Å². The van der Waals surface area contributed by atoms with Crippen LogP contribution < -0.4 is 5.14 Å². The first-order chi connectivity index (χ1) is 8.82. The van der Waals surface area contributed by atoms with Crippen LogP contribution in [0, 0.1) is 0 Å². The topological polar surface area (TPSA) is 126 Å². The van der Waals surface area contributed by atoms with Crippen molar-refractivity contribution >= 4 is 33.5 Å². The SMILES string of the molecule is CCOC(=O)c1nsc(C(=O)OCC)c1S(N)(=O)=O. The summed E-state index contributed by atoms with van der Waals surface area (Å²) >= 11 is 0.521. The molecule has 8 nitrogen and oxygen atoms in total.